The number of thiophene rings is 2. The molecule has 0 bridgehead atoms. The van der Waals surface area contributed by atoms with Crippen molar-refractivity contribution in [3.8, 4) is 32.6 Å². The van der Waals surface area contributed by atoms with E-state index in [-0.39, 0.29) is 28.4 Å². The van der Waals surface area contributed by atoms with E-state index in [0.29, 0.717) is 22.6 Å². The average Bonchev–Trinajstić information content (AvgIpc) is 4.15. The van der Waals surface area contributed by atoms with E-state index in [2.05, 4.69) is 14.4 Å². The van der Waals surface area contributed by atoms with E-state index in [1.807, 2.05) is 60.8 Å². The van der Waals surface area contributed by atoms with E-state index in [0.717, 1.165) is 57.8 Å². The number of aromatic nitrogens is 3. The lowest BCUT2D eigenvalue weighted by Gasteiger charge is -2.43. The van der Waals surface area contributed by atoms with E-state index < -0.39 is 29.2 Å². The summed E-state index contributed by atoms with van der Waals surface area (Å²) in [4.78, 5) is 62.3. The number of benzene rings is 4. The van der Waals surface area contributed by atoms with E-state index >= 15 is 0 Å². The second-order valence-corrected chi connectivity index (χ2v) is 18.6. The summed E-state index contributed by atoms with van der Waals surface area (Å²) < 4.78 is 32.3. The van der Waals surface area contributed by atoms with Crippen LogP contribution in [0.3, 0.4) is 0 Å². The van der Waals surface area contributed by atoms with Gasteiger partial charge in [0, 0.05) is 29.7 Å². The van der Waals surface area contributed by atoms with E-state index in [4.69, 9.17) is 10.8 Å². The van der Waals surface area contributed by atoms with Gasteiger partial charge in [0.1, 0.15) is 29.3 Å². The van der Waals surface area contributed by atoms with Gasteiger partial charge in [0.15, 0.2) is 6.29 Å². The van der Waals surface area contributed by atoms with Crippen molar-refractivity contribution in [2.24, 2.45) is 7.05 Å². The molecular weight excluding hydrogens is 927 g/mol. The number of aldehydes is 1. The third-order valence-electron chi connectivity index (χ3n) is 9.84. The minimum absolute atomic E-state index is 0.0130. The molecule has 19 heteroatoms. The fourth-order valence-electron chi connectivity index (χ4n) is 6.65. The number of aromatic hydroxyl groups is 2. The number of nitrogen functional groups attached to an aromatic ring is 1. The zero-order chi connectivity index (χ0) is 47.2. The molecular formula is C47H38F2N6O7S4. The van der Waals surface area contributed by atoms with Gasteiger partial charge < -0.3 is 25.3 Å². The first-order chi connectivity index (χ1) is 31.6. The zero-order valence-corrected chi connectivity index (χ0v) is 38.6. The molecule has 336 valence electrons. The highest BCUT2D eigenvalue weighted by atomic mass is 32.1. The molecule has 1 atom stereocenters. The molecule has 0 aliphatic carbocycles. The number of hydrogen-bond acceptors (Lipinski definition) is 15. The lowest BCUT2D eigenvalue weighted by molar-refractivity contribution is 0.0968. The van der Waals surface area contributed by atoms with Crippen LogP contribution in [0.5, 0.6) is 11.5 Å². The molecule has 0 radical (unpaired) electrons. The molecule has 0 saturated carbocycles. The third kappa shape index (κ3) is 10.3. The molecule has 10 rings (SSSR count). The Bertz CT molecular complexity index is 3300. The number of rotatable bonds is 5. The molecule has 1 aliphatic rings. The van der Waals surface area contributed by atoms with Crippen molar-refractivity contribution in [2.75, 3.05) is 22.6 Å². The first-order valence-electron chi connectivity index (χ1n) is 19.6. The maximum absolute atomic E-state index is 14.0. The molecule has 1 unspecified atom stereocenters. The molecule has 0 spiro atoms. The number of halogens is 2. The van der Waals surface area contributed by atoms with Crippen LogP contribution in [0.2, 0.25) is 0 Å². The van der Waals surface area contributed by atoms with E-state index in [9.17, 15) is 33.1 Å². The predicted molar refractivity (Wildman–Crippen MR) is 258 cm³/mol. The van der Waals surface area contributed by atoms with Crippen molar-refractivity contribution in [1.82, 2.24) is 14.5 Å². The second kappa shape index (κ2) is 20.2. The van der Waals surface area contributed by atoms with E-state index in [1.165, 1.54) is 47.5 Å². The number of phenols is 2. The van der Waals surface area contributed by atoms with Crippen molar-refractivity contribution < 1.29 is 33.0 Å². The summed E-state index contributed by atoms with van der Waals surface area (Å²) in [6, 6.07) is 28.9. The summed E-state index contributed by atoms with van der Waals surface area (Å²) in [6.07, 6.45) is 0.366. The highest BCUT2D eigenvalue weighted by Gasteiger charge is 2.40. The van der Waals surface area contributed by atoms with Gasteiger partial charge in [-0.1, -0.05) is 24.3 Å². The molecule has 6 heterocycles. The van der Waals surface area contributed by atoms with Gasteiger partial charge in [-0.05, 0) is 98.8 Å². The van der Waals surface area contributed by atoms with Crippen LogP contribution in [0, 0.1) is 25.5 Å². The lowest BCUT2D eigenvalue weighted by Crippen LogP contribution is -2.48. The average molecular weight is 965 g/mol. The maximum Gasteiger partial charge on any atom is 0.422 e. The van der Waals surface area contributed by atoms with Crippen LogP contribution < -0.4 is 26.9 Å². The van der Waals surface area contributed by atoms with Crippen LogP contribution in [0.1, 0.15) is 41.1 Å². The number of para-hydroxylation sites is 4. The number of nitrogens with zero attached hydrogens (tertiary/aromatic N) is 5. The number of fused-ring (bicyclic) bond motifs is 2. The summed E-state index contributed by atoms with van der Waals surface area (Å²) in [5, 5.41) is 25.4. The van der Waals surface area contributed by atoms with Crippen LogP contribution in [0.15, 0.2) is 134 Å². The number of thiazole rings is 2. The third-order valence-corrected chi connectivity index (χ3v) is 13.6. The van der Waals surface area contributed by atoms with Crippen LogP contribution in [-0.4, -0.2) is 44.0 Å². The Morgan fingerprint density at radius 3 is 1.92 bits per heavy atom. The zero-order valence-electron chi connectivity index (χ0n) is 35.3. The highest BCUT2D eigenvalue weighted by molar-refractivity contribution is 7.17. The largest absolute Gasteiger partial charge is 0.506 e. The Morgan fingerprint density at radius 1 is 0.727 bits per heavy atom. The molecule has 66 heavy (non-hydrogen) atoms. The minimum atomic E-state index is -0.817. The van der Waals surface area contributed by atoms with Gasteiger partial charge in [-0.15, -0.1) is 45.3 Å². The number of nitrogens with two attached hydrogens (primary N) is 1. The van der Waals surface area contributed by atoms with Crippen molar-refractivity contribution in [1.29, 1.82) is 0 Å². The summed E-state index contributed by atoms with van der Waals surface area (Å²) in [5.41, 5.74) is 8.38. The molecule has 1 amide bonds. The molecule has 5 aromatic heterocycles. The van der Waals surface area contributed by atoms with Crippen LogP contribution >= 0.6 is 45.3 Å². The van der Waals surface area contributed by atoms with Gasteiger partial charge in [0.05, 0.1) is 69.6 Å². The number of phenolic OH excluding ortho intramolecular Hbond substituents is 2. The van der Waals surface area contributed by atoms with Gasteiger partial charge in [-0.2, -0.15) is 0 Å². The number of hydrogen-bond donors (Lipinski definition) is 3. The Kier molecular flexibility index (Phi) is 14.3. The van der Waals surface area contributed by atoms with Crippen molar-refractivity contribution in [3.63, 3.8) is 0 Å². The predicted octanol–water partition coefficient (Wildman–Crippen LogP) is 10.4. The number of carbonyl (C=O) groups excluding carboxylic acids is 2. The number of anilines is 3. The number of aryl methyl sites for hydroxylation is 3. The van der Waals surface area contributed by atoms with Gasteiger partial charge >= 0.3 is 11.4 Å². The summed E-state index contributed by atoms with van der Waals surface area (Å²) in [7, 11) is 3.32. The Balaban J connectivity index is 0.000000152. The fourth-order valence-corrected chi connectivity index (χ4v) is 9.91. The van der Waals surface area contributed by atoms with Crippen LogP contribution in [0.25, 0.3) is 32.0 Å². The highest BCUT2D eigenvalue weighted by Crippen LogP contribution is 2.46. The second-order valence-electron chi connectivity index (χ2n) is 14.3. The number of carbonyl (C=O) groups is 2. The lowest BCUT2D eigenvalue weighted by atomic mass is 10.0. The monoisotopic (exact) mass is 964 g/mol. The van der Waals surface area contributed by atoms with E-state index in [1.54, 1.807) is 88.6 Å². The standard InChI is InChI=1S/C23H18FN3O2S2.C9H6FNO3.C9H7NOS2.C6H7NO/c1-13-25-16(12-30-13)20-9-10-21(31-20)22-26(2)17-8-7-14(24)11-15(17)23(29)27(22)18-5-3-4-6-19(18)28;1-11-7-3-2-5(10)4-6(7)8(12)14-9(11)13;1-6-10-8(5-12-6)9-3-2-7(4-11)13-9;7-5-3-1-2-4-6(5)8/h3-12,22,28H,1-2H3;2-4H,1H3;2-5H,1H3;1-4,8H,7H2. The Hall–Kier alpha value is -7.32. The summed E-state index contributed by atoms with van der Waals surface area (Å²) in [6.45, 7) is 3.94. The van der Waals surface area contributed by atoms with Crippen molar-refractivity contribution in [3.05, 3.63) is 178 Å². The maximum atomic E-state index is 14.0. The molecule has 0 saturated heterocycles. The van der Waals surface area contributed by atoms with Gasteiger partial charge in [0.25, 0.3) is 5.91 Å². The number of amides is 1. The quantitative estimate of drug-likeness (QED) is 0.0847. The fraction of sp³-hybridized carbons (Fsp3) is 0.106. The Morgan fingerprint density at radius 2 is 1.33 bits per heavy atom. The normalized spacial score (nSPS) is 12.9. The van der Waals surface area contributed by atoms with Gasteiger partial charge in [0.2, 0.25) is 0 Å². The summed E-state index contributed by atoms with van der Waals surface area (Å²) >= 11 is 6.23. The van der Waals surface area contributed by atoms with Crippen molar-refractivity contribution >= 4 is 85.5 Å². The topological polar surface area (TPSA) is 185 Å². The molecule has 9 aromatic rings. The van der Waals surface area contributed by atoms with Crippen LogP contribution in [-0.2, 0) is 7.05 Å². The smallest absolute Gasteiger partial charge is 0.422 e. The SMILES string of the molecule is Cc1nc(-c2ccc(C3N(C)c4ccc(F)cc4C(=O)N3c3ccccc3O)s2)cs1.Cc1nc(-c2ccc(C=O)s2)cs1.Cn1c(=O)oc(=O)c2cc(F)ccc21.Nc1ccccc1O. The molecule has 4 aromatic carbocycles. The first-order valence-corrected chi connectivity index (χ1v) is 23.0. The van der Waals surface area contributed by atoms with Crippen LogP contribution in [0.4, 0.5) is 25.8 Å². The van der Waals surface area contributed by atoms with Crippen molar-refractivity contribution in [2.45, 2.75) is 20.0 Å². The molecule has 1 aliphatic heterocycles. The molecule has 0 fully saturated rings. The minimum Gasteiger partial charge on any atom is -0.506 e. The molecule has 13 nitrogen and oxygen atoms in total. The van der Waals surface area contributed by atoms with Gasteiger partial charge in [-0.3, -0.25) is 19.1 Å². The summed E-state index contributed by atoms with van der Waals surface area (Å²) in [5.74, 6) is -2.00. The van der Waals surface area contributed by atoms with Gasteiger partial charge in [-0.25, -0.2) is 28.3 Å². The molecule has 4 N–H and O–H groups in total. The first kappa shape index (κ1) is 46.7. The Labute approximate surface area is 391 Å².